The smallest absolute Gasteiger partial charge is 0.262 e. The zero-order valence-corrected chi connectivity index (χ0v) is 24.0. The first-order valence-electron chi connectivity index (χ1n) is 12.9. The van der Waals surface area contributed by atoms with Crippen LogP contribution in [0.2, 0.25) is 0 Å². The number of carbonyl (C=O) groups excluding carboxylic acids is 2. The maximum absolute atomic E-state index is 13.1. The zero-order valence-electron chi connectivity index (χ0n) is 23.2. The van der Waals surface area contributed by atoms with E-state index >= 15 is 0 Å². The molecule has 0 aliphatic rings. The highest BCUT2D eigenvalue weighted by Crippen LogP contribution is 2.24. The molecule has 4 rings (SSSR count). The molecule has 206 valence electrons. The predicted molar refractivity (Wildman–Crippen MR) is 161 cm³/mol. The van der Waals surface area contributed by atoms with Crippen LogP contribution in [0.1, 0.15) is 58.2 Å². The van der Waals surface area contributed by atoms with Crippen molar-refractivity contribution in [3.8, 4) is 0 Å². The number of anilines is 3. The van der Waals surface area contributed by atoms with E-state index in [0.29, 0.717) is 28.2 Å². The first-order chi connectivity index (χ1) is 18.8. The Labute approximate surface area is 235 Å². The molecule has 0 unspecified atom stereocenters. The Morgan fingerprint density at radius 2 is 1.20 bits per heavy atom. The van der Waals surface area contributed by atoms with E-state index in [4.69, 9.17) is 0 Å². The molecule has 0 saturated carbocycles. The number of rotatable bonds is 7. The van der Waals surface area contributed by atoms with Gasteiger partial charge in [0.2, 0.25) is 0 Å². The highest BCUT2D eigenvalue weighted by Gasteiger charge is 2.20. The monoisotopic (exact) mass is 555 g/mol. The average molecular weight is 556 g/mol. The molecule has 0 heterocycles. The lowest BCUT2D eigenvalue weighted by Crippen LogP contribution is -2.17. The van der Waals surface area contributed by atoms with Crippen LogP contribution in [-0.2, 0) is 15.4 Å². The number of benzene rings is 4. The molecule has 4 aromatic carbocycles. The molecule has 40 heavy (non-hydrogen) atoms. The summed E-state index contributed by atoms with van der Waals surface area (Å²) >= 11 is 0. The molecule has 0 spiro atoms. The second-order valence-electron chi connectivity index (χ2n) is 10.8. The number of hydrogen-bond donors (Lipinski definition) is 3. The number of nitrogens with one attached hydrogen (secondary N) is 3. The third kappa shape index (κ3) is 6.95. The maximum Gasteiger partial charge on any atom is 0.262 e. The lowest BCUT2D eigenvalue weighted by molar-refractivity contribution is 0.101. The molecule has 0 bridgehead atoms. The minimum absolute atomic E-state index is 0.0124. The minimum atomic E-state index is -3.92. The van der Waals surface area contributed by atoms with Gasteiger partial charge >= 0.3 is 0 Å². The minimum Gasteiger partial charge on any atom is -0.322 e. The molecule has 3 N–H and O–H groups in total. The fourth-order valence-electron chi connectivity index (χ4n) is 4.15. The summed E-state index contributed by atoms with van der Waals surface area (Å²) in [6.45, 7) is 9.88. The fraction of sp³-hybridized carbons (Fsp3) is 0.188. The fourth-order valence-corrected chi connectivity index (χ4v) is 5.47. The topological polar surface area (TPSA) is 104 Å². The van der Waals surface area contributed by atoms with Crippen molar-refractivity contribution >= 4 is 38.9 Å². The van der Waals surface area contributed by atoms with E-state index in [-0.39, 0.29) is 21.8 Å². The molecule has 0 aliphatic carbocycles. The third-order valence-corrected chi connectivity index (χ3v) is 7.92. The third-order valence-electron chi connectivity index (χ3n) is 6.40. The lowest BCUT2D eigenvalue weighted by Gasteiger charge is -2.19. The molecule has 0 saturated heterocycles. The molecule has 4 aromatic rings. The van der Waals surface area contributed by atoms with Crippen LogP contribution >= 0.6 is 0 Å². The second kappa shape index (κ2) is 11.4. The Morgan fingerprint density at radius 1 is 0.650 bits per heavy atom. The standard InChI is InChI=1S/C32H33N3O4S/c1-21-8-6-11-28(18-21)35-40(38,39)29-19-24(13-12-22(29)2)31(37)34-27-10-7-9-26(20-27)33-30(36)23-14-16-25(17-15-23)32(3,4)5/h6-20,35H,1-5H3,(H,33,36)(H,34,37). The first kappa shape index (κ1) is 28.6. The van der Waals surface area contributed by atoms with Crippen LogP contribution < -0.4 is 15.4 Å². The van der Waals surface area contributed by atoms with Gasteiger partial charge in [-0.25, -0.2) is 8.42 Å². The Morgan fingerprint density at radius 3 is 1.80 bits per heavy atom. The summed E-state index contributed by atoms with van der Waals surface area (Å²) in [5.74, 6) is -0.744. The Bertz CT molecular complexity index is 1670. The summed E-state index contributed by atoms with van der Waals surface area (Å²) in [7, 11) is -3.92. The van der Waals surface area contributed by atoms with Crippen LogP contribution in [0.25, 0.3) is 0 Å². The van der Waals surface area contributed by atoms with Gasteiger partial charge in [-0.1, -0.05) is 57.2 Å². The second-order valence-corrected chi connectivity index (χ2v) is 12.4. The summed E-state index contributed by atoms with van der Waals surface area (Å²) < 4.78 is 28.8. The Hall–Kier alpha value is -4.43. The number of aryl methyl sites for hydroxylation is 2. The van der Waals surface area contributed by atoms with Gasteiger partial charge in [-0.3, -0.25) is 14.3 Å². The first-order valence-corrected chi connectivity index (χ1v) is 14.3. The van der Waals surface area contributed by atoms with Gasteiger partial charge in [0.25, 0.3) is 21.8 Å². The summed E-state index contributed by atoms with van der Waals surface area (Å²) in [6.07, 6.45) is 0. The van der Waals surface area contributed by atoms with E-state index in [1.807, 2.05) is 25.1 Å². The Kier molecular flexibility index (Phi) is 8.11. The van der Waals surface area contributed by atoms with Crippen molar-refractivity contribution in [1.82, 2.24) is 0 Å². The van der Waals surface area contributed by atoms with Crippen molar-refractivity contribution in [3.63, 3.8) is 0 Å². The molecule has 0 radical (unpaired) electrons. The van der Waals surface area contributed by atoms with Gasteiger partial charge in [0.05, 0.1) is 4.90 Å². The molecular weight excluding hydrogens is 522 g/mol. The maximum atomic E-state index is 13.1. The molecule has 0 aliphatic heterocycles. The van der Waals surface area contributed by atoms with Gasteiger partial charge in [-0.15, -0.1) is 0 Å². The largest absolute Gasteiger partial charge is 0.322 e. The number of amides is 2. The summed E-state index contributed by atoms with van der Waals surface area (Å²) in [5, 5.41) is 5.64. The van der Waals surface area contributed by atoms with Gasteiger partial charge in [0, 0.05) is 28.2 Å². The van der Waals surface area contributed by atoms with E-state index in [1.165, 1.54) is 6.07 Å². The van der Waals surface area contributed by atoms with Crippen LogP contribution in [0.4, 0.5) is 17.1 Å². The number of sulfonamides is 1. The summed E-state index contributed by atoms with van der Waals surface area (Å²) in [6, 6.07) is 25.8. The molecule has 2 amide bonds. The van der Waals surface area contributed by atoms with E-state index < -0.39 is 15.9 Å². The number of hydrogen-bond acceptors (Lipinski definition) is 4. The van der Waals surface area contributed by atoms with E-state index in [1.54, 1.807) is 73.7 Å². The van der Waals surface area contributed by atoms with Crippen molar-refractivity contribution in [2.45, 2.75) is 44.9 Å². The van der Waals surface area contributed by atoms with Crippen molar-refractivity contribution in [2.75, 3.05) is 15.4 Å². The van der Waals surface area contributed by atoms with Gasteiger partial charge in [-0.05, 0) is 90.6 Å². The van der Waals surface area contributed by atoms with E-state index in [0.717, 1.165) is 11.1 Å². The highest BCUT2D eigenvalue weighted by atomic mass is 32.2. The molecule has 0 fully saturated rings. The quantitative estimate of drug-likeness (QED) is 0.231. The van der Waals surface area contributed by atoms with Crippen molar-refractivity contribution in [1.29, 1.82) is 0 Å². The molecule has 8 heteroatoms. The van der Waals surface area contributed by atoms with Crippen molar-refractivity contribution < 1.29 is 18.0 Å². The van der Waals surface area contributed by atoms with Crippen LogP contribution in [-0.4, -0.2) is 20.2 Å². The normalized spacial score (nSPS) is 11.5. The van der Waals surface area contributed by atoms with E-state index in [9.17, 15) is 18.0 Å². The predicted octanol–water partition coefficient (Wildman–Crippen LogP) is 6.91. The van der Waals surface area contributed by atoms with Crippen molar-refractivity contribution in [3.05, 3.63) is 119 Å². The zero-order chi connectivity index (χ0) is 29.1. The molecule has 0 atom stereocenters. The molecule has 0 aromatic heterocycles. The SMILES string of the molecule is Cc1cccc(NS(=O)(=O)c2cc(C(=O)Nc3cccc(NC(=O)c4ccc(C(C)(C)C)cc4)c3)ccc2C)c1. The number of carbonyl (C=O) groups is 2. The molecular formula is C32H33N3O4S. The van der Waals surface area contributed by atoms with Crippen LogP contribution in [0, 0.1) is 13.8 Å². The van der Waals surface area contributed by atoms with Gasteiger partial charge in [0.15, 0.2) is 0 Å². The highest BCUT2D eigenvalue weighted by molar-refractivity contribution is 7.92. The van der Waals surface area contributed by atoms with Gasteiger partial charge < -0.3 is 10.6 Å². The summed E-state index contributed by atoms with van der Waals surface area (Å²) in [5.41, 5.74) is 4.66. The van der Waals surface area contributed by atoms with Gasteiger partial charge in [0.1, 0.15) is 0 Å². The van der Waals surface area contributed by atoms with Gasteiger partial charge in [-0.2, -0.15) is 0 Å². The van der Waals surface area contributed by atoms with Crippen molar-refractivity contribution in [2.24, 2.45) is 0 Å². The van der Waals surface area contributed by atoms with Crippen LogP contribution in [0.3, 0.4) is 0 Å². The van der Waals surface area contributed by atoms with Crippen LogP contribution in [0.5, 0.6) is 0 Å². The average Bonchev–Trinajstić information content (AvgIpc) is 2.88. The van der Waals surface area contributed by atoms with Crippen LogP contribution in [0.15, 0.2) is 95.9 Å². The lowest BCUT2D eigenvalue weighted by atomic mass is 9.87. The Balaban J connectivity index is 1.48. The summed E-state index contributed by atoms with van der Waals surface area (Å²) in [4.78, 5) is 25.9. The molecule has 7 nitrogen and oxygen atoms in total. The van der Waals surface area contributed by atoms with E-state index in [2.05, 4.69) is 36.1 Å².